The zero-order chi connectivity index (χ0) is 11.7. The van der Waals surface area contributed by atoms with Crippen molar-refractivity contribution < 1.29 is 9.90 Å². The topological polar surface area (TPSA) is 68.0 Å². The van der Waals surface area contributed by atoms with Crippen molar-refractivity contribution in [2.75, 3.05) is 0 Å². The summed E-state index contributed by atoms with van der Waals surface area (Å²) in [4.78, 5) is 11.1. The van der Waals surface area contributed by atoms with Gasteiger partial charge in [0.05, 0.1) is 5.69 Å². The van der Waals surface area contributed by atoms with Gasteiger partial charge in [-0.25, -0.2) is 0 Å². The highest BCUT2D eigenvalue weighted by Crippen LogP contribution is 2.30. The fourth-order valence-corrected chi connectivity index (χ4v) is 1.86. The van der Waals surface area contributed by atoms with Crippen LogP contribution in [0.1, 0.15) is 38.3 Å². The molecule has 5 nitrogen and oxygen atoms in total. The molecule has 1 unspecified atom stereocenters. The summed E-state index contributed by atoms with van der Waals surface area (Å²) in [5, 5.41) is 17.1. The number of rotatable bonds is 5. The molecule has 1 aromatic rings. The van der Waals surface area contributed by atoms with E-state index >= 15 is 0 Å². The van der Waals surface area contributed by atoms with Gasteiger partial charge in [-0.05, 0) is 24.7 Å². The zero-order valence-corrected chi connectivity index (χ0v) is 9.63. The molecule has 1 aromatic heterocycles. The largest absolute Gasteiger partial charge is 0.481 e. The van der Waals surface area contributed by atoms with Crippen LogP contribution in [-0.4, -0.2) is 26.1 Å². The van der Waals surface area contributed by atoms with Gasteiger partial charge in [-0.15, -0.1) is 5.10 Å². The summed E-state index contributed by atoms with van der Waals surface area (Å²) in [5.74, 6) is -0.623. The monoisotopic (exact) mass is 223 g/mol. The molecule has 88 valence electrons. The maximum absolute atomic E-state index is 11.1. The Morgan fingerprint density at radius 1 is 1.62 bits per heavy atom. The lowest BCUT2D eigenvalue weighted by atomic mass is 9.93. The minimum absolute atomic E-state index is 0.0311. The van der Waals surface area contributed by atoms with Crippen molar-refractivity contribution in [3.8, 4) is 0 Å². The first-order valence-electron chi connectivity index (χ1n) is 5.70. The molecular weight excluding hydrogens is 206 g/mol. The third-order valence-electron chi connectivity index (χ3n) is 2.95. The normalized spacial score (nSPS) is 17.7. The average molecular weight is 223 g/mol. The fourth-order valence-electron chi connectivity index (χ4n) is 1.86. The van der Waals surface area contributed by atoms with Gasteiger partial charge in [-0.1, -0.05) is 19.1 Å². The quantitative estimate of drug-likeness (QED) is 0.821. The van der Waals surface area contributed by atoms with E-state index < -0.39 is 11.9 Å². The minimum atomic E-state index is -0.825. The lowest BCUT2D eigenvalue weighted by Crippen LogP contribution is -2.17. The Bertz CT molecular complexity index is 382. The van der Waals surface area contributed by atoms with Crippen LogP contribution in [0.2, 0.25) is 0 Å². The van der Waals surface area contributed by atoms with Crippen LogP contribution in [0.3, 0.4) is 0 Å². The highest BCUT2D eigenvalue weighted by atomic mass is 16.4. The fraction of sp³-hybridized carbons (Fsp3) is 0.727. The number of hydrogen-bond acceptors (Lipinski definition) is 3. The van der Waals surface area contributed by atoms with Gasteiger partial charge in [0.15, 0.2) is 0 Å². The second kappa shape index (κ2) is 4.23. The maximum Gasteiger partial charge on any atom is 0.312 e. The van der Waals surface area contributed by atoms with Crippen LogP contribution in [0, 0.1) is 11.8 Å². The van der Waals surface area contributed by atoms with Crippen LogP contribution in [0.15, 0.2) is 6.20 Å². The van der Waals surface area contributed by atoms with Gasteiger partial charge in [0, 0.05) is 12.7 Å². The summed E-state index contributed by atoms with van der Waals surface area (Å²) in [6.45, 7) is 4.65. The van der Waals surface area contributed by atoms with Crippen LogP contribution in [0.4, 0.5) is 0 Å². The molecule has 1 atom stereocenters. The van der Waals surface area contributed by atoms with Crippen molar-refractivity contribution in [2.45, 2.75) is 39.2 Å². The highest BCUT2D eigenvalue weighted by Gasteiger charge is 2.28. The van der Waals surface area contributed by atoms with Crippen LogP contribution in [-0.2, 0) is 11.3 Å². The van der Waals surface area contributed by atoms with Gasteiger partial charge in [0.25, 0.3) is 0 Å². The van der Waals surface area contributed by atoms with Gasteiger partial charge >= 0.3 is 5.97 Å². The van der Waals surface area contributed by atoms with Crippen molar-refractivity contribution in [3.05, 3.63) is 11.9 Å². The molecule has 1 saturated carbocycles. The summed E-state index contributed by atoms with van der Waals surface area (Å²) in [5.41, 5.74) is 0.572. The Hall–Kier alpha value is -1.39. The molecule has 0 radical (unpaired) electrons. The second-order valence-electron chi connectivity index (χ2n) is 4.87. The molecule has 1 heterocycles. The molecule has 1 aliphatic rings. The average Bonchev–Trinajstić information content (AvgIpc) is 2.85. The number of carboxylic acid groups (broad SMARTS) is 1. The summed E-state index contributed by atoms with van der Waals surface area (Å²) < 4.78 is 1.77. The Balaban J connectivity index is 2.11. The van der Waals surface area contributed by atoms with E-state index in [0.29, 0.717) is 5.69 Å². The van der Waals surface area contributed by atoms with E-state index in [-0.39, 0.29) is 5.92 Å². The van der Waals surface area contributed by atoms with E-state index in [4.69, 9.17) is 5.11 Å². The van der Waals surface area contributed by atoms with E-state index in [0.717, 1.165) is 12.5 Å². The molecule has 0 aliphatic heterocycles. The number of hydrogen-bond donors (Lipinski definition) is 1. The predicted octanol–water partition coefficient (Wildman–Crippen LogP) is 1.51. The summed E-state index contributed by atoms with van der Waals surface area (Å²) in [6.07, 6.45) is 4.28. The lowest BCUT2D eigenvalue weighted by Gasteiger charge is -2.12. The minimum Gasteiger partial charge on any atom is -0.481 e. The van der Waals surface area contributed by atoms with Crippen molar-refractivity contribution in [1.82, 2.24) is 15.0 Å². The standard InChI is InChI=1S/C11H17N3O2/c1-7(2)10(11(15)16)9-6-14(13-12-9)5-8-3-4-8/h6-8,10H,3-5H2,1-2H3,(H,15,16). The Morgan fingerprint density at radius 3 is 2.81 bits per heavy atom. The highest BCUT2D eigenvalue weighted by molar-refractivity contribution is 5.75. The molecule has 0 spiro atoms. The lowest BCUT2D eigenvalue weighted by molar-refractivity contribution is -0.140. The summed E-state index contributed by atoms with van der Waals surface area (Å²) in [6, 6.07) is 0. The number of carbonyl (C=O) groups is 1. The molecule has 5 heteroatoms. The van der Waals surface area contributed by atoms with Gasteiger partial charge in [0.2, 0.25) is 0 Å². The van der Waals surface area contributed by atoms with E-state index in [1.807, 2.05) is 13.8 Å². The third kappa shape index (κ3) is 2.40. The molecule has 0 saturated heterocycles. The first-order valence-corrected chi connectivity index (χ1v) is 5.70. The van der Waals surface area contributed by atoms with Gasteiger partial charge in [-0.2, -0.15) is 0 Å². The third-order valence-corrected chi connectivity index (χ3v) is 2.95. The number of nitrogens with zero attached hydrogens (tertiary/aromatic N) is 3. The Kier molecular flexibility index (Phi) is 2.94. The van der Waals surface area contributed by atoms with E-state index in [1.165, 1.54) is 12.8 Å². The molecule has 1 N–H and O–H groups in total. The molecule has 0 amide bonds. The first-order chi connectivity index (χ1) is 7.58. The summed E-state index contributed by atoms with van der Waals surface area (Å²) >= 11 is 0. The summed E-state index contributed by atoms with van der Waals surface area (Å²) in [7, 11) is 0. The van der Waals surface area contributed by atoms with Gasteiger partial charge < -0.3 is 5.11 Å². The number of aliphatic carboxylic acids is 1. The smallest absolute Gasteiger partial charge is 0.312 e. The molecular formula is C11H17N3O2. The molecule has 0 bridgehead atoms. The van der Waals surface area contributed by atoms with Crippen LogP contribution >= 0.6 is 0 Å². The first kappa shape index (κ1) is 11.1. The van der Waals surface area contributed by atoms with Crippen molar-refractivity contribution >= 4 is 5.97 Å². The van der Waals surface area contributed by atoms with Crippen molar-refractivity contribution in [1.29, 1.82) is 0 Å². The Morgan fingerprint density at radius 2 is 2.31 bits per heavy atom. The van der Waals surface area contributed by atoms with Crippen molar-refractivity contribution in [3.63, 3.8) is 0 Å². The van der Waals surface area contributed by atoms with Gasteiger partial charge in [0.1, 0.15) is 5.92 Å². The predicted molar refractivity (Wildman–Crippen MR) is 58.0 cm³/mol. The Labute approximate surface area is 94.5 Å². The second-order valence-corrected chi connectivity index (χ2v) is 4.87. The van der Waals surface area contributed by atoms with E-state index in [1.54, 1.807) is 10.9 Å². The van der Waals surface area contributed by atoms with E-state index in [2.05, 4.69) is 10.3 Å². The van der Waals surface area contributed by atoms with Crippen LogP contribution in [0.25, 0.3) is 0 Å². The molecule has 1 fully saturated rings. The van der Waals surface area contributed by atoms with E-state index in [9.17, 15) is 4.79 Å². The molecule has 2 rings (SSSR count). The van der Waals surface area contributed by atoms with Crippen molar-refractivity contribution in [2.24, 2.45) is 11.8 Å². The molecule has 0 aromatic carbocycles. The van der Waals surface area contributed by atoms with Crippen LogP contribution in [0.5, 0.6) is 0 Å². The van der Waals surface area contributed by atoms with Gasteiger partial charge in [-0.3, -0.25) is 9.48 Å². The zero-order valence-electron chi connectivity index (χ0n) is 9.63. The SMILES string of the molecule is CC(C)C(C(=O)O)c1cn(CC2CC2)nn1. The number of carboxylic acids is 1. The van der Waals surface area contributed by atoms with Crippen LogP contribution < -0.4 is 0 Å². The maximum atomic E-state index is 11.1. The molecule has 16 heavy (non-hydrogen) atoms. The number of aromatic nitrogens is 3. The molecule has 1 aliphatic carbocycles.